The van der Waals surface area contributed by atoms with Gasteiger partial charge in [0, 0.05) is 11.6 Å². The minimum absolute atomic E-state index is 0.197. The lowest BCUT2D eigenvalue weighted by Gasteiger charge is -2.25. The Bertz CT molecular complexity index is 452. The second-order valence-electron chi connectivity index (χ2n) is 4.69. The summed E-state index contributed by atoms with van der Waals surface area (Å²) in [4.78, 5) is 13.8. The molecule has 1 aromatic carbocycles. The van der Waals surface area contributed by atoms with Crippen LogP contribution < -0.4 is 11.1 Å². The maximum Gasteiger partial charge on any atom is 0.241 e. The Labute approximate surface area is 118 Å². The number of benzene rings is 1. The van der Waals surface area contributed by atoms with Crippen LogP contribution >= 0.6 is 11.6 Å². The average molecular weight is 286 g/mol. The van der Waals surface area contributed by atoms with Crippen LogP contribution in [0.25, 0.3) is 0 Å². The highest BCUT2D eigenvalue weighted by Crippen LogP contribution is 2.23. The van der Waals surface area contributed by atoms with Crippen molar-refractivity contribution in [2.45, 2.75) is 26.0 Å². The van der Waals surface area contributed by atoms with Gasteiger partial charge < -0.3 is 16.2 Å². The molecule has 0 radical (unpaired) electrons. The van der Waals surface area contributed by atoms with E-state index in [0.717, 1.165) is 0 Å². The second kappa shape index (κ2) is 6.75. The number of rotatable bonds is 5. The van der Waals surface area contributed by atoms with Crippen molar-refractivity contribution >= 4 is 28.9 Å². The molecule has 106 valence electrons. The fraction of sp³-hybridized carbons (Fsp3) is 0.462. The predicted octanol–water partition coefficient (Wildman–Crippen LogP) is 1.56. The zero-order valence-corrected chi connectivity index (χ0v) is 12.1. The van der Waals surface area contributed by atoms with E-state index >= 15 is 0 Å². The molecular weight excluding hydrogens is 266 g/mol. The van der Waals surface area contributed by atoms with Crippen LogP contribution in [0.15, 0.2) is 18.2 Å². The molecule has 2 unspecified atom stereocenters. The normalized spacial score (nSPS) is 14.2. The van der Waals surface area contributed by atoms with Gasteiger partial charge in [0.05, 0.1) is 23.5 Å². The molecule has 0 spiro atoms. The molecule has 4 N–H and O–H groups in total. The number of nitrogen functional groups attached to an aromatic ring is 1. The second-order valence-corrected chi connectivity index (χ2v) is 5.12. The lowest BCUT2D eigenvalue weighted by molar-refractivity contribution is -0.120. The van der Waals surface area contributed by atoms with Gasteiger partial charge in [-0.05, 0) is 39.1 Å². The van der Waals surface area contributed by atoms with Crippen LogP contribution in [0.4, 0.5) is 11.4 Å². The van der Waals surface area contributed by atoms with E-state index < -0.39 is 6.10 Å². The van der Waals surface area contributed by atoms with E-state index in [4.69, 9.17) is 17.3 Å². The highest BCUT2D eigenvalue weighted by atomic mass is 35.5. The van der Waals surface area contributed by atoms with Gasteiger partial charge in [0.1, 0.15) is 0 Å². The molecule has 0 aliphatic rings. The van der Waals surface area contributed by atoms with Gasteiger partial charge in [0.15, 0.2) is 0 Å². The molecule has 0 aliphatic carbocycles. The fourth-order valence-electron chi connectivity index (χ4n) is 1.65. The highest BCUT2D eigenvalue weighted by molar-refractivity contribution is 6.31. The van der Waals surface area contributed by atoms with Gasteiger partial charge in [-0.2, -0.15) is 0 Å². The van der Waals surface area contributed by atoms with Crippen molar-refractivity contribution in [2.75, 3.05) is 24.6 Å². The summed E-state index contributed by atoms with van der Waals surface area (Å²) in [5.74, 6) is -0.197. The molecule has 1 aromatic rings. The number of anilines is 2. The van der Waals surface area contributed by atoms with Crippen LogP contribution in [-0.2, 0) is 4.79 Å². The Morgan fingerprint density at radius 1 is 1.53 bits per heavy atom. The molecule has 0 saturated carbocycles. The summed E-state index contributed by atoms with van der Waals surface area (Å²) in [6, 6.07) is 4.53. The van der Waals surface area contributed by atoms with Crippen LogP contribution in [-0.4, -0.2) is 41.7 Å². The SMILES string of the molecule is CC(O)CN(C)C(C)C(=O)Nc1cc(Cl)ccc1N. The number of aliphatic hydroxyl groups is 1. The van der Waals surface area contributed by atoms with Crippen molar-refractivity contribution in [1.82, 2.24) is 4.90 Å². The van der Waals surface area contributed by atoms with Crippen molar-refractivity contribution < 1.29 is 9.90 Å². The van der Waals surface area contributed by atoms with E-state index in [2.05, 4.69) is 5.32 Å². The predicted molar refractivity (Wildman–Crippen MR) is 78.3 cm³/mol. The van der Waals surface area contributed by atoms with Crippen LogP contribution in [0, 0.1) is 0 Å². The van der Waals surface area contributed by atoms with Crippen LogP contribution in [0.2, 0.25) is 5.02 Å². The summed E-state index contributed by atoms with van der Waals surface area (Å²) < 4.78 is 0. The number of hydrogen-bond donors (Lipinski definition) is 3. The van der Waals surface area contributed by atoms with Gasteiger partial charge in [-0.3, -0.25) is 9.69 Å². The van der Waals surface area contributed by atoms with Crippen molar-refractivity contribution in [1.29, 1.82) is 0 Å². The molecule has 19 heavy (non-hydrogen) atoms. The van der Waals surface area contributed by atoms with E-state index in [1.165, 1.54) is 0 Å². The highest BCUT2D eigenvalue weighted by Gasteiger charge is 2.19. The smallest absolute Gasteiger partial charge is 0.241 e. The monoisotopic (exact) mass is 285 g/mol. The van der Waals surface area contributed by atoms with E-state index in [1.807, 2.05) is 0 Å². The number of likely N-dealkylation sites (N-methyl/N-ethyl adjacent to an activating group) is 1. The zero-order valence-electron chi connectivity index (χ0n) is 11.4. The van der Waals surface area contributed by atoms with Crippen molar-refractivity contribution in [3.63, 3.8) is 0 Å². The minimum atomic E-state index is -0.489. The van der Waals surface area contributed by atoms with E-state index in [-0.39, 0.29) is 11.9 Å². The lowest BCUT2D eigenvalue weighted by Crippen LogP contribution is -2.42. The van der Waals surface area contributed by atoms with Gasteiger partial charge in [-0.15, -0.1) is 0 Å². The Balaban J connectivity index is 2.71. The van der Waals surface area contributed by atoms with Crippen LogP contribution in [0.3, 0.4) is 0 Å². The molecule has 2 atom stereocenters. The minimum Gasteiger partial charge on any atom is -0.397 e. The summed E-state index contributed by atoms with van der Waals surface area (Å²) in [6.07, 6.45) is -0.489. The summed E-state index contributed by atoms with van der Waals surface area (Å²) in [7, 11) is 1.78. The Kier molecular flexibility index (Phi) is 5.60. The number of nitrogens with two attached hydrogens (primary N) is 1. The van der Waals surface area contributed by atoms with Gasteiger partial charge in [-0.25, -0.2) is 0 Å². The molecule has 0 bridgehead atoms. The number of nitrogens with zero attached hydrogens (tertiary/aromatic N) is 1. The molecule has 5 nitrogen and oxygen atoms in total. The summed E-state index contributed by atoms with van der Waals surface area (Å²) >= 11 is 5.86. The lowest BCUT2D eigenvalue weighted by atomic mass is 10.2. The van der Waals surface area contributed by atoms with Gasteiger partial charge in [0.25, 0.3) is 0 Å². The number of carbonyl (C=O) groups excluding carboxylic acids is 1. The van der Waals surface area contributed by atoms with E-state index in [0.29, 0.717) is 22.9 Å². The molecule has 6 heteroatoms. The van der Waals surface area contributed by atoms with Crippen molar-refractivity contribution in [2.24, 2.45) is 0 Å². The van der Waals surface area contributed by atoms with Gasteiger partial charge in [-0.1, -0.05) is 11.6 Å². The quantitative estimate of drug-likeness (QED) is 0.718. The van der Waals surface area contributed by atoms with Crippen molar-refractivity contribution in [3.05, 3.63) is 23.2 Å². The summed E-state index contributed by atoms with van der Waals surface area (Å²) in [5, 5.41) is 12.6. The Hall–Kier alpha value is -1.30. The van der Waals surface area contributed by atoms with E-state index in [1.54, 1.807) is 44.0 Å². The molecular formula is C13H20ClN3O2. The number of amides is 1. The fourth-order valence-corrected chi connectivity index (χ4v) is 1.82. The number of hydrogen-bond acceptors (Lipinski definition) is 4. The first-order valence-electron chi connectivity index (χ1n) is 6.05. The zero-order chi connectivity index (χ0) is 14.6. The van der Waals surface area contributed by atoms with Crippen LogP contribution in [0.1, 0.15) is 13.8 Å². The van der Waals surface area contributed by atoms with Crippen LogP contribution in [0.5, 0.6) is 0 Å². The average Bonchev–Trinajstić information content (AvgIpc) is 2.31. The maximum absolute atomic E-state index is 12.1. The van der Waals surface area contributed by atoms with Gasteiger partial charge >= 0.3 is 0 Å². The Morgan fingerprint density at radius 3 is 2.74 bits per heavy atom. The molecule has 1 amide bonds. The maximum atomic E-state index is 12.1. The largest absolute Gasteiger partial charge is 0.397 e. The molecule has 0 heterocycles. The number of carbonyl (C=O) groups is 1. The summed E-state index contributed by atoms with van der Waals surface area (Å²) in [5.41, 5.74) is 6.72. The first-order valence-corrected chi connectivity index (χ1v) is 6.43. The molecule has 0 fully saturated rings. The molecule has 0 aromatic heterocycles. The summed E-state index contributed by atoms with van der Waals surface area (Å²) in [6.45, 7) is 3.86. The molecule has 1 rings (SSSR count). The molecule has 0 saturated heterocycles. The number of halogens is 1. The number of nitrogens with one attached hydrogen (secondary N) is 1. The third-order valence-electron chi connectivity index (χ3n) is 2.87. The third-order valence-corrected chi connectivity index (χ3v) is 3.10. The third kappa shape index (κ3) is 4.70. The topological polar surface area (TPSA) is 78.6 Å². The molecule has 0 aliphatic heterocycles. The van der Waals surface area contributed by atoms with E-state index in [9.17, 15) is 9.90 Å². The Morgan fingerprint density at radius 2 is 2.16 bits per heavy atom. The first-order chi connectivity index (χ1) is 8.81. The van der Waals surface area contributed by atoms with Crippen molar-refractivity contribution in [3.8, 4) is 0 Å². The number of aliphatic hydroxyl groups excluding tert-OH is 1. The first kappa shape index (κ1) is 15.8. The standard InChI is InChI=1S/C13H20ClN3O2/c1-8(18)7-17(3)9(2)13(19)16-12-6-10(14)4-5-11(12)15/h4-6,8-9,18H,7,15H2,1-3H3,(H,16,19). The van der Waals surface area contributed by atoms with Gasteiger partial charge in [0.2, 0.25) is 5.91 Å².